The molecule has 1 aromatic rings. The quantitative estimate of drug-likeness (QED) is 0.835. The van der Waals surface area contributed by atoms with Crippen molar-refractivity contribution in [1.29, 1.82) is 0 Å². The van der Waals surface area contributed by atoms with Gasteiger partial charge in [-0.05, 0) is 19.8 Å². The molecule has 0 amide bonds. The van der Waals surface area contributed by atoms with Crippen molar-refractivity contribution in [3.8, 4) is 0 Å². The van der Waals surface area contributed by atoms with E-state index in [9.17, 15) is 14.4 Å². The number of aromatic nitrogens is 2. The van der Waals surface area contributed by atoms with Gasteiger partial charge in [0.1, 0.15) is 0 Å². The second-order valence-corrected chi connectivity index (χ2v) is 4.65. The summed E-state index contributed by atoms with van der Waals surface area (Å²) in [6.45, 7) is 1.69. The molecule has 92 valence electrons. The van der Waals surface area contributed by atoms with Crippen LogP contribution in [0.25, 0.3) is 0 Å². The average molecular weight is 236 g/mol. The third-order valence-corrected chi connectivity index (χ3v) is 3.33. The normalized spacial score (nSPS) is 16.3. The number of nitrogens with one attached hydrogen (secondary N) is 1. The average Bonchev–Trinajstić information content (AvgIpc) is 2.79. The molecule has 0 aliphatic heterocycles. The molecule has 0 saturated heterocycles. The molecule has 17 heavy (non-hydrogen) atoms. The highest BCUT2D eigenvalue weighted by Crippen LogP contribution is 2.25. The van der Waals surface area contributed by atoms with Crippen molar-refractivity contribution >= 4 is 5.78 Å². The van der Waals surface area contributed by atoms with Crippen LogP contribution in [-0.2, 0) is 11.3 Å². The molecule has 1 N–H and O–H groups in total. The van der Waals surface area contributed by atoms with Gasteiger partial charge in [0.05, 0.1) is 6.54 Å². The van der Waals surface area contributed by atoms with Crippen LogP contribution in [0.5, 0.6) is 0 Å². The first-order valence-electron chi connectivity index (χ1n) is 5.91. The summed E-state index contributed by atoms with van der Waals surface area (Å²) in [5.41, 5.74) is -0.449. The van der Waals surface area contributed by atoms with Gasteiger partial charge in [-0.3, -0.25) is 19.1 Å². The highest BCUT2D eigenvalue weighted by atomic mass is 16.2. The molecule has 5 heteroatoms. The summed E-state index contributed by atoms with van der Waals surface area (Å²) in [6, 6.07) is 0. The summed E-state index contributed by atoms with van der Waals surface area (Å²) in [6.07, 6.45) is 5.49. The van der Waals surface area contributed by atoms with Gasteiger partial charge < -0.3 is 0 Å². The third kappa shape index (κ3) is 2.54. The maximum absolute atomic E-state index is 11.9. The molecule has 1 saturated carbocycles. The Morgan fingerprint density at radius 1 is 1.41 bits per heavy atom. The van der Waals surface area contributed by atoms with Crippen LogP contribution in [0.1, 0.15) is 31.2 Å². The summed E-state index contributed by atoms with van der Waals surface area (Å²) >= 11 is 0. The summed E-state index contributed by atoms with van der Waals surface area (Å²) in [5.74, 6) is 0.185. The molecule has 0 bridgehead atoms. The molecule has 0 spiro atoms. The van der Waals surface area contributed by atoms with Gasteiger partial charge >= 0.3 is 5.69 Å². The highest BCUT2D eigenvalue weighted by Gasteiger charge is 2.22. The topological polar surface area (TPSA) is 71.9 Å². The van der Waals surface area contributed by atoms with Gasteiger partial charge in [-0.15, -0.1) is 0 Å². The van der Waals surface area contributed by atoms with E-state index in [-0.39, 0.29) is 23.8 Å². The van der Waals surface area contributed by atoms with E-state index in [1.165, 1.54) is 10.8 Å². The number of hydrogen-bond acceptors (Lipinski definition) is 3. The van der Waals surface area contributed by atoms with Crippen molar-refractivity contribution in [2.24, 2.45) is 5.92 Å². The fraction of sp³-hybridized carbons (Fsp3) is 0.583. The van der Waals surface area contributed by atoms with E-state index in [1.807, 2.05) is 0 Å². The van der Waals surface area contributed by atoms with Gasteiger partial charge in [-0.2, -0.15) is 0 Å². The van der Waals surface area contributed by atoms with E-state index < -0.39 is 5.69 Å². The number of nitrogens with zero attached hydrogens (tertiary/aromatic N) is 1. The third-order valence-electron chi connectivity index (χ3n) is 3.33. The van der Waals surface area contributed by atoms with Crippen molar-refractivity contribution in [3.63, 3.8) is 0 Å². The van der Waals surface area contributed by atoms with Gasteiger partial charge in [0.25, 0.3) is 5.56 Å². The molecule has 1 aromatic heterocycles. The Hall–Kier alpha value is -1.65. The lowest BCUT2D eigenvalue weighted by Crippen LogP contribution is -2.33. The van der Waals surface area contributed by atoms with Gasteiger partial charge in [-0.1, -0.05) is 12.8 Å². The SMILES string of the molecule is Cc1cn(CC(=O)C2CCCC2)c(=O)[nH]c1=O. The number of H-pyrrole nitrogens is 1. The van der Waals surface area contributed by atoms with Gasteiger partial charge in [0.15, 0.2) is 5.78 Å². The molecular formula is C12H16N2O3. The van der Waals surface area contributed by atoms with Crippen LogP contribution >= 0.6 is 0 Å². The molecular weight excluding hydrogens is 220 g/mol. The van der Waals surface area contributed by atoms with Crippen LogP contribution in [0.15, 0.2) is 15.8 Å². The fourth-order valence-electron chi connectivity index (χ4n) is 2.28. The monoisotopic (exact) mass is 236 g/mol. The first kappa shape index (κ1) is 11.8. The first-order valence-corrected chi connectivity index (χ1v) is 5.91. The number of Topliss-reactive ketones (excluding diaryl/α,β-unsaturated/α-hetero) is 1. The summed E-state index contributed by atoms with van der Waals surface area (Å²) in [4.78, 5) is 36.8. The molecule has 2 rings (SSSR count). The minimum atomic E-state index is -0.507. The fourth-order valence-corrected chi connectivity index (χ4v) is 2.28. The molecule has 1 heterocycles. The van der Waals surface area contributed by atoms with E-state index >= 15 is 0 Å². The lowest BCUT2D eigenvalue weighted by atomic mass is 10.0. The Morgan fingerprint density at radius 3 is 2.71 bits per heavy atom. The minimum absolute atomic E-state index is 0.0706. The van der Waals surface area contributed by atoms with Gasteiger partial charge in [0.2, 0.25) is 0 Å². The molecule has 5 nitrogen and oxygen atoms in total. The van der Waals surface area contributed by atoms with Crippen molar-refractivity contribution in [1.82, 2.24) is 9.55 Å². The Morgan fingerprint density at radius 2 is 2.06 bits per heavy atom. The molecule has 0 unspecified atom stereocenters. The Bertz CT molecular complexity index is 535. The summed E-state index contributed by atoms with van der Waals surface area (Å²) in [5, 5.41) is 0. The second kappa shape index (κ2) is 4.69. The molecule has 0 atom stereocenters. The molecule has 1 aliphatic carbocycles. The number of carbonyl (C=O) groups is 1. The Kier molecular flexibility index (Phi) is 3.26. The second-order valence-electron chi connectivity index (χ2n) is 4.65. The highest BCUT2D eigenvalue weighted by molar-refractivity contribution is 5.81. The van der Waals surface area contributed by atoms with Crippen molar-refractivity contribution in [2.75, 3.05) is 0 Å². The van der Waals surface area contributed by atoms with E-state index in [4.69, 9.17) is 0 Å². The lowest BCUT2D eigenvalue weighted by Gasteiger charge is -2.09. The molecule has 0 aromatic carbocycles. The maximum atomic E-state index is 11.9. The van der Waals surface area contributed by atoms with E-state index in [0.717, 1.165) is 25.7 Å². The standard InChI is InChI=1S/C12H16N2O3/c1-8-6-14(12(17)13-11(8)16)7-10(15)9-4-2-3-5-9/h6,9H,2-5,7H2,1H3,(H,13,16,17). The van der Waals surface area contributed by atoms with Crippen LogP contribution in [0.3, 0.4) is 0 Å². The maximum Gasteiger partial charge on any atom is 0.328 e. The zero-order valence-corrected chi connectivity index (χ0v) is 9.86. The zero-order chi connectivity index (χ0) is 12.4. The van der Waals surface area contributed by atoms with Crippen LogP contribution in [0.2, 0.25) is 0 Å². The molecule has 0 radical (unpaired) electrons. The van der Waals surface area contributed by atoms with Crippen molar-refractivity contribution in [2.45, 2.75) is 39.2 Å². The Balaban J connectivity index is 2.18. The molecule has 1 aliphatic rings. The van der Waals surface area contributed by atoms with Crippen LogP contribution in [-0.4, -0.2) is 15.3 Å². The number of carbonyl (C=O) groups excluding carboxylic acids is 1. The first-order chi connectivity index (χ1) is 8.08. The van der Waals surface area contributed by atoms with E-state index in [0.29, 0.717) is 5.56 Å². The predicted octanol–water partition coefficient (Wildman–Crippen LogP) is 0.604. The van der Waals surface area contributed by atoms with Crippen LogP contribution < -0.4 is 11.2 Å². The summed E-state index contributed by atoms with van der Waals surface area (Å²) in [7, 11) is 0. The van der Waals surface area contributed by atoms with Crippen LogP contribution in [0.4, 0.5) is 0 Å². The molecule has 1 fully saturated rings. The van der Waals surface area contributed by atoms with Crippen LogP contribution in [0, 0.1) is 12.8 Å². The zero-order valence-electron chi connectivity index (χ0n) is 9.86. The number of aromatic amines is 1. The summed E-state index contributed by atoms with van der Waals surface area (Å²) < 4.78 is 1.29. The lowest BCUT2D eigenvalue weighted by molar-refractivity contribution is -0.123. The van der Waals surface area contributed by atoms with E-state index in [1.54, 1.807) is 6.92 Å². The Labute approximate surface area is 98.5 Å². The number of hydrogen-bond donors (Lipinski definition) is 1. The van der Waals surface area contributed by atoms with Crippen molar-refractivity contribution < 1.29 is 4.79 Å². The minimum Gasteiger partial charge on any atom is -0.297 e. The van der Waals surface area contributed by atoms with Crippen molar-refractivity contribution in [3.05, 3.63) is 32.6 Å². The number of ketones is 1. The largest absolute Gasteiger partial charge is 0.328 e. The smallest absolute Gasteiger partial charge is 0.297 e. The predicted molar refractivity (Wildman–Crippen MR) is 63.0 cm³/mol. The van der Waals surface area contributed by atoms with Gasteiger partial charge in [0, 0.05) is 17.7 Å². The van der Waals surface area contributed by atoms with E-state index in [2.05, 4.69) is 4.98 Å². The number of rotatable bonds is 3. The van der Waals surface area contributed by atoms with Gasteiger partial charge in [-0.25, -0.2) is 4.79 Å². The number of aryl methyl sites for hydroxylation is 1.